The molecule has 1 unspecified atom stereocenters. The molecule has 0 saturated carbocycles. The number of aromatic hydroxyl groups is 3. The predicted molar refractivity (Wildman–Crippen MR) is 69.8 cm³/mol. The molecular weight excluding hydrogens is 250 g/mol. The number of phenols is 3. The van der Waals surface area contributed by atoms with Crippen molar-refractivity contribution >= 4 is 6.29 Å². The van der Waals surface area contributed by atoms with Crippen molar-refractivity contribution in [3.05, 3.63) is 11.1 Å². The fourth-order valence-corrected chi connectivity index (χ4v) is 2.01. The molecule has 1 atom stereocenters. The van der Waals surface area contributed by atoms with Crippen LogP contribution >= 0.6 is 0 Å². The van der Waals surface area contributed by atoms with Crippen molar-refractivity contribution < 1.29 is 24.9 Å². The van der Waals surface area contributed by atoms with Crippen molar-refractivity contribution in [2.45, 2.75) is 26.3 Å². The Labute approximate surface area is 111 Å². The van der Waals surface area contributed by atoms with E-state index in [9.17, 15) is 20.1 Å². The second kappa shape index (κ2) is 5.79. The second-order valence-corrected chi connectivity index (χ2v) is 4.76. The van der Waals surface area contributed by atoms with Gasteiger partial charge >= 0.3 is 0 Å². The molecule has 0 aliphatic rings. The number of rotatable bonds is 5. The van der Waals surface area contributed by atoms with E-state index in [4.69, 9.17) is 10.5 Å². The molecule has 106 valence electrons. The largest absolute Gasteiger partial charge is 0.507 e. The standard InChI is InChI=1S/C13H19NO5/c1-6(2)4-8(14)9-10(16)7(5-15)11(17)13(19-3)12(9)18/h5-6,8,16-18H,4,14H2,1-3H3. The number of carbonyl (C=O) groups excluding carboxylic acids is 1. The molecule has 6 nitrogen and oxygen atoms in total. The molecular formula is C13H19NO5. The highest BCUT2D eigenvalue weighted by atomic mass is 16.5. The fourth-order valence-electron chi connectivity index (χ4n) is 2.01. The van der Waals surface area contributed by atoms with E-state index in [0.717, 1.165) is 0 Å². The lowest BCUT2D eigenvalue weighted by Crippen LogP contribution is -2.14. The highest BCUT2D eigenvalue weighted by Gasteiger charge is 2.27. The van der Waals surface area contributed by atoms with Crippen LogP contribution in [0, 0.1) is 5.92 Å². The molecule has 0 saturated heterocycles. The molecule has 6 heteroatoms. The fraction of sp³-hybridized carbons (Fsp3) is 0.462. The van der Waals surface area contributed by atoms with Gasteiger partial charge in [0.1, 0.15) is 11.3 Å². The number of nitrogens with two attached hydrogens (primary N) is 1. The van der Waals surface area contributed by atoms with Gasteiger partial charge in [-0.2, -0.15) is 0 Å². The maximum absolute atomic E-state index is 10.9. The summed E-state index contributed by atoms with van der Waals surface area (Å²) in [5, 5.41) is 29.7. The van der Waals surface area contributed by atoms with E-state index < -0.39 is 23.3 Å². The van der Waals surface area contributed by atoms with Crippen LogP contribution < -0.4 is 10.5 Å². The van der Waals surface area contributed by atoms with Crippen molar-refractivity contribution in [2.24, 2.45) is 11.7 Å². The molecule has 0 amide bonds. The van der Waals surface area contributed by atoms with Gasteiger partial charge in [-0.25, -0.2) is 0 Å². The van der Waals surface area contributed by atoms with Gasteiger partial charge in [-0.15, -0.1) is 0 Å². The van der Waals surface area contributed by atoms with Gasteiger partial charge in [0.25, 0.3) is 0 Å². The van der Waals surface area contributed by atoms with E-state index in [1.165, 1.54) is 7.11 Å². The Hall–Kier alpha value is -1.95. The Kier molecular flexibility index (Phi) is 4.61. The van der Waals surface area contributed by atoms with Gasteiger partial charge in [-0.1, -0.05) is 13.8 Å². The average molecular weight is 269 g/mol. The quantitative estimate of drug-likeness (QED) is 0.605. The summed E-state index contributed by atoms with van der Waals surface area (Å²) >= 11 is 0. The molecule has 5 N–H and O–H groups in total. The molecule has 1 aromatic rings. The number of hydrogen-bond donors (Lipinski definition) is 4. The second-order valence-electron chi connectivity index (χ2n) is 4.76. The molecule has 0 aromatic heterocycles. The Morgan fingerprint density at radius 3 is 2.21 bits per heavy atom. The Bertz CT molecular complexity index is 485. The zero-order chi connectivity index (χ0) is 14.7. The number of methoxy groups -OCH3 is 1. The minimum absolute atomic E-state index is 0.00505. The van der Waals surface area contributed by atoms with Crippen molar-refractivity contribution in [1.29, 1.82) is 0 Å². The average Bonchev–Trinajstić information content (AvgIpc) is 2.28. The molecule has 1 aromatic carbocycles. The molecule has 0 heterocycles. The number of benzene rings is 1. The number of carbonyl (C=O) groups is 1. The van der Waals surface area contributed by atoms with Crippen LogP contribution in [-0.4, -0.2) is 28.7 Å². The zero-order valence-electron chi connectivity index (χ0n) is 11.2. The minimum Gasteiger partial charge on any atom is -0.507 e. The Balaban J connectivity index is 3.50. The summed E-state index contributed by atoms with van der Waals surface area (Å²) in [6, 6.07) is -0.673. The highest BCUT2D eigenvalue weighted by molar-refractivity contribution is 5.88. The Morgan fingerprint density at radius 2 is 1.79 bits per heavy atom. The van der Waals surface area contributed by atoms with Crippen LogP contribution in [0.1, 0.15) is 42.2 Å². The lowest BCUT2D eigenvalue weighted by atomic mass is 9.94. The summed E-state index contributed by atoms with van der Waals surface area (Å²) in [7, 11) is 1.23. The summed E-state index contributed by atoms with van der Waals surface area (Å²) < 4.78 is 4.84. The van der Waals surface area contributed by atoms with Crippen molar-refractivity contribution in [3.8, 4) is 23.0 Å². The van der Waals surface area contributed by atoms with Gasteiger partial charge in [0.2, 0.25) is 5.75 Å². The minimum atomic E-state index is -0.673. The monoisotopic (exact) mass is 269 g/mol. The smallest absolute Gasteiger partial charge is 0.204 e. The maximum Gasteiger partial charge on any atom is 0.204 e. The zero-order valence-corrected chi connectivity index (χ0v) is 11.2. The normalized spacial score (nSPS) is 12.5. The van der Waals surface area contributed by atoms with Crippen LogP contribution in [0.15, 0.2) is 0 Å². The van der Waals surface area contributed by atoms with E-state index in [2.05, 4.69) is 0 Å². The summed E-state index contributed by atoms with van der Waals surface area (Å²) in [5.41, 5.74) is 5.58. The highest BCUT2D eigenvalue weighted by Crippen LogP contribution is 2.49. The third-order valence-corrected chi connectivity index (χ3v) is 2.87. The third-order valence-electron chi connectivity index (χ3n) is 2.87. The van der Waals surface area contributed by atoms with E-state index in [1.807, 2.05) is 13.8 Å². The molecule has 0 radical (unpaired) electrons. The van der Waals surface area contributed by atoms with E-state index in [0.29, 0.717) is 6.42 Å². The van der Waals surface area contributed by atoms with Crippen molar-refractivity contribution in [1.82, 2.24) is 0 Å². The van der Waals surface area contributed by atoms with E-state index in [-0.39, 0.29) is 29.1 Å². The molecule has 0 spiro atoms. The topological polar surface area (TPSA) is 113 Å². The van der Waals surface area contributed by atoms with Crippen LogP contribution in [0.5, 0.6) is 23.0 Å². The van der Waals surface area contributed by atoms with Gasteiger partial charge in [0, 0.05) is 6.04 Å². The van der Waals surface area contributed by atoms with Crippen LogP contribution in [0.2, 0.25) is 0 Å². The molecule has 0 aliphatic carbocycles. The van der Waals surface area contributed by atoms with Crippen LogP contribution in [0.4, 0.5) is 0 Å². The van der Waals surface area contributed by atoms with Gasteiger partial charge < -0.3 is 25.8 Å². The predicted octanol–water partition coefficient (Wildman–Crippen LogP) is 1.67. The summed E-state index contributed by atoms with van der Waals surface area (Å²) in [6.07, 6.45) is 0.783. The molecule has 19 heavy (non-hydrogen) atoms. The maximum atomic E-state index is 10.9. The lowest BCUT2D eigenvalue weighted by molar-refractivity contribution is 0.111. The SMILES string of the molecule is COc1c(O)c(C=O)c(O)c(C(N)CC(C)C)c1O. The van der Waals surface area contributed by atoms with Crippen molar-refractivity contribution in [2.75, 3.05) is 7.11 Å². The van der Waals surface area contributed by atoms with Gasteiger partial charge in [-0.3, -0.25) is 4.79 Å². The van der Waals surface area contributed by atoms with E-state index in [1.54, 1.807) is 0 Å². The molecule has 0 bridgehead atoms. The summed E-state index contributed by atoms with van der Waals surface area (Å²) in [6.45, 7) is 3.87. The van der Waals surface area contributed by atoms with Crippen LogP contribution in [0.3, 0.4) is 0 Å². The summed E-state index contributed by atoms with van der Waals surface area (Å²) in [4.78, 5) is 10.9. The molecule has 1 rings (SSSR count). The summed E-state index contributed by atoms with van der Waals surface area (Å²) in [5.74, 6) is -1.61. The number of phenolic OH excluding ortho intramolecular Hbond substituents is 3. The van der Waals surface area contributed by atoms with Gasteiger partial charge in [0.05, 0.1) is 12.7 Å². The number of ether oxygens (including phenoxy) is 1. The Morgan fingerprint density at radius 1 is 1.21 bits per heavy atom. The third kappa shape index (κ3) is 2.73. The lowest BCUT2D eigenvalue weighted by Gasteiger charge is -2.20. The first-order chi connectivity index (χ1) is 8.84. The molecule has 0 aliphatic heterocycles. The first-order valence-corrected chi connectivity index (χ1v) is 5.90. The van der Waals surface area contributed by atoms with Crippen molar-refractivity contribution in [3.63, 3.8) is 0 Å². The first kappa shape index (κ1) is 15.1. The number of hydrogen-bond acceptors (Lipinski definition) is 6. The van der Waals surface area contributed by atoms with Gasteiger partial charge in [0.15, 0.2) is 17.8 Å². The van der Waals surface area contributed by atoms with E-state index >= 15 is 0 Å². The number of aldehydes is 1. The first-order valence-electron chi connectivity index (χ1n) is 5.90. The van der Waals surface area contributed by atoms with Gasteiger partial charge in [-0.05, 0) is 12.3 Å². The van der Waals surface area contributed by atoms with Crippen LogP contribution in [-0.2, 0) is 0 Å². The van der Waals surface area contributed by atoms with Crippen LogP contribution in [0.25, 0.3) is 0 Å². The molecule has 0 fully saturated rings.